The number of aromatic nitrogens is 1. The first-order valence-corrected chi connectivity index (χ1v) is 6.97. The topological polar surface area (TPSA) is 48.1 Å². The van der Waals surface area contributed by atoms with Crippen LogP contribution in [0.15, 0.2) is 35.8 Å². The molecule has 3 nitrogen and oxygen atoms in total. The second-order valence-corrected chi connectivity index (χ2v) is 5.38. The highest BCUT2D eigenvalue weighted by Crippen LogP contribution is 2.13. The Balaban J connectivity index is 1.79. The third-order valence-corrected chi connectivity index (χ3v) is 3.46. The SMILES string of the molecule is CC(N)Cc1ccc(OCCc2cccs2)cn1. The fraction of sp³-hybridized carbons (Fsp3) is 0.357. The molecule has 2 aromatic rings. The zero-order valence-electron chi connectivity index (χ0n) is 10.5. The van der Waals surface area contributed by atoms with E-state index in [9.17, 15) is 0 Å². The Kier molecular flexibility index (Phi) is 4.73. The molecule has 0 aliphatic carbocycles. The van der Waals surface area contributed by atoms with Crippen LogP contribution in [0.5, 0.6) is 5.75 Å². The van der Waals surface area contributed by atoms with Gasteiger partial charge < -0.3 is 10.5 Å². The van der Waals surface area contributed by atoms with E-state index in [1.54, 1.807) is 17.5 Å². The normalized spacial score (nSPS) is 12.3. The van der Waals surface area contributed by atoms with Gasteiger partial charge in [0, 0.05) is 29.5 Å². The first-order valence-electron chi connectivity index (χ1n) is 6.10. The Hall–Kier alpha value is -1.39. The molecule has 2 N–H and O–H groups in total. The predicted octanol–water partition coefficient (Wildman–Crippen LogP) is 2.65. The average molecular weight is 262 g/mol. The Bertz CT molecular complexity index is 451. The molecule has 0 spiro atoms. The molecule has 18 heavy (non-hydrogen) atoms. The van der Waals surface area contributed by atoms with E-state index in [0.717, 1.165) is 24.3 Å². The van der Waals surface area contributed by atoms with Crippen molar-refractivity contribution in [2.45, 2.75) is 25.8 Å². The van der Waals surface area contributed by atoms with Crippen LogP contribution in [0.2, 0.25) is 0 Å². The molecule has 2 rings (SSSR count). The maximum Gasteiger partial charge on any atom is 0.137 e. The average Bonchev–Trinajstić information content (AvgIpc) is 2.84. The molecule has 1 unspecified atom stereocenters. The minimum absolute atomic E-state index is 0.142. The van der Waals surface area contributed by atoms with Gasteiger partial charge in [0.1, 0.15) is 5.75 Å². The lowest BCUT2D eigenvalue weighted by molar-refractivity contribution is 0.321. The fourth-order valence-electron chi connectivity index (χ4n) is 1.67. The highest BCUT2D eigenvalue weighted by atomic mass is 32.1. The van der Waals surface area contributed by atoms with E-state index in [1.165, 1.54) is 4.88 Å². The summed E-state index contributed by atoms with van der Waals surface area (Å²) in [4.78, 5) is 5.68. The van der Waals surface area contributed by atoms with Gasteiger partial charge in [0.15, 0.2) is 0 Å². The first-order chi connectivity index (χ1) is 8.74. The second-order valence-electron chi connectivity index (χ2n) is 4.34. The van der Waals surface area contributed by atoms with Crippen LogP contribution in [0, 0.1) is 0 Å². The monoisotopic (exact) mass is 262 g/mol. The summed E-state index contributed by atoms with van der Waals surface area (Å²) in [5.74, 6) is 0.819. The second kappa shape index (κ2) is 6.52. The van der Waals surface area contributed by atoms with Crippen LogP contribution in [0.3, 0.4) is 0 Å². The molecule has 0 amide bonds. The standard InChI is InChI=1S/C14H18N2OS/c1-11(15)9-12-4-5-13(10-16-12)17-7-6-14-3-2-8-18-14/h2-5,8,10-11H,6-7,9,15H2,1H3. The summed E-state index contributed by atoms with van der Waals surface area (Å²) in [5, 5.41) is 2.08. The minimum atomic E-state index is 0.142. The lowest BCUT2D eigenvalue weighted by Crippen LogP contribution is -2.18. The zero-order chi connectivity index (χ0) is 12.8. The van der Waals surface area contributed by atoms with Crippen LogP contribution < -0.4 is 10.5 Å². The summed E-state index contributed by atoms with van der Waals surface area (Å²) in [6, 6.07) is 8.26. The van der Waals surface area contributed by atoms with Crippen molar-refractivity contribution in [3.8, 4) is 5.75 Å². The van der Waals surface area contributed by atoms with Gasteiger partial charge >= 0.3 is 0 Å². The quantitative estimate of drug-likeness (QED) is 0.870. The molecule has 4 heteroatoms. The Labute approximate surface area is 112 Å². The van der Waals surface area contributed by atoms with Gasteiger partial charge in [-0.2, -0.15) is 0 Å². The maximum absolute atomic E-state index is 5.73. The molecule has 0 bridgehead atoms. The van der Waals surface area contributed by atoms with E-state index >= 15 is 0 Å². The Morgan fingerprint density at radius 1 is 1.39 bits per heavy atom. The predicted molar refractivity (Wildman–Crippen MR) is 75.1 cm³/mol. The van der Waals surface area contributed by atoms with Crippen LogP contribution in [0.4, 0.5) is 0 Å². The number of nitrogens with two attached hydrogens (primary N) is 1. The molecular formula is C14H18N2OS. The molecule has 1 atom stereocenters. The summed E-state index contributed by atoms with van der Waals surface area (Å²) in [6.45, 7) is 2.67. The maximum atomic E-state index is 5.73. The van der Waals surface area contributed by atoms with Crippen molar-refractivity contribution in [1.82, 2.24) is 4.98 Å². The van der Waals surface area contributed by atoms with Crippen LogP contribution in [-0.2, 0) is 12.8 Å². The van der Waals surface area contributed by atoms with Crippen molar-refractivity contribution in [2.75, 3.05) is 6.61 Å². The van der Waals surface area contributed by atoms with E-state index in [0.29, 0.717) is 6.61 Å². The summed E-state index contributed by atoms with van der Waals surface area (Å²) in [6.07, 6.45) is 3.51. The molecule has 96 valence electrons. The lowest BCUT2D eigenvalue weighted by atomic mass is 10.2. The van der Waals surface area contributed by atoms with Crippen molar-refractivity contribution in [1.29, 1.82) is 0 Å². The number of nitrogens with zero attached hydrogens (tertiary/aromatic N) is 1. The van der Waals surface area contributed by atoms with Gasteiger partial charge in [-0.1, -0.05) is 6.07 Å². The molecule has 0 radical (unpaired) electrons. The lowest BCUT2D eigenvalue weighted by Gasteiger charge is -2.07. The van der Waals surface area contributed by atoms with Crippen LogP contribution in [0.25, 0.3) is 0 Å². The minimum Gasteiger partial charge on any atom is -0.492 e. The zero-order valence-corrected chi connectivity index (χ0v) is 11.3. The fourth-order valence-corrected chi connectivity index (χ4v) is 2.36. The Morgan fingerprint density at radius 3 is 2.89 bits per heavy atom. The van der Waals surface area contributed by atoms with Gasteiger partial charge in [-0.25, -0.2) is 0 Å². The van der Waals surface area contributed by atoms with Crippen molar-refractivity contribution in [3.63, 3.8) is 0 Å². The number of thiophene rings is 1. The van der Waals surface area contributed by atoms with E-state index in [2.05, 4.69) is 22.5 Å². The highest BCUT2D eigenvalue weighted by molar-refractivity contribution is 7.09. The van der Waals surface area contributed by atoms with Crippen LogP contribution >= 0.6 is 11.3 Å². The van der Waals surface area contributed by atoms with Crippen molar-refractivity contribution in [3.05, 3.63) is 46.4 Å². The summed E-state index contributed by atoms with van der Waals surface area (Å²) < 4.78 is 5.65. The van der Waals surface area contributed by atoms with E-state index in [4.69, 9.17) is 10.5 Å². The van der Waals surface area contributed by atoms with Crippen molar-refractivity contribution in [2.24, 2.45) is 5.73 Å². The molecule has 2 heterocycles. The van der Waals surface area contributed by atoms with E-state index in [1.807, 2.05) is 19.1 Å². The van der Waals surface area contributed by atoms with Crippen LogP contribution in [0.1, 0.15) is 17.5 Å². The molecule has 2 aromatic heterocycles. The van der Waals surface area contributed by atoms with Gasteiger partial charge in [-0.15, -0.1) is 11.3 Å². The molecule has 0 aromatic carbocycles. The van der Waals surface area contributed by atoms with Gasteiger partial charge in [0.25, 0.3) is 0 Å². The molecular weight excluding hydrogens is 244 g/mol. The van der Waals surface area contributed by atoms with Gasteiger partial charge in [0.05, 0.1) is 12.8 Å². The molecule has 0 fully saturated rings. The van der Waals surface area contributed by atoms with E-state index in [-0.39, 0.29) is 6.04 Å². The number of hydrogen-bond donors (Lipinski definition) is 1. The number of rotatable bonds is 6. The molecule has 0 aliphatic heterocycles. The molecule has 0 aliphatic rings. The van der Waals surface area contributed by atoms with Crippen molar-refractivity contribution >= 4 is 11.3 Å². The third-order valence-electron chi connectivity index (χ3n) is 2.53. The summed E-state index contributed by atoms with van der Waals surface area (Å²) in [5.41, 5.74) is 6.74. The number of hydrogen-bond acceptors (Lipinski definition) is 4. The van der Waals surface area contributed by atoms with Gasteiger partial charge in [0.2, 0.25) is 0 Å². The first kappa shape index (κ1) is 13.1. The van der Waals surface area contributed by atoms with Gasteiger partial charge in [-0.05, 0) is 30.5 Å². The summed E-state index contributed by atoms with van der Waals surface area (Å²) >= 11 is 1.76. The Morgan fingerprint density at radius 2 is 2.28 bits per heavy atom. The summed E-state index contributed by atoms with van der Waals surface area (Å²) in [7, 11) is 0. The van der Waals surface area contributed by atoms with Gasteiger partial charge in [-0.3, -0.25) is 4.98 Å². The molecule has 0 saturated heterocycles. The number of ether oxygens (including phenoxy) is 1. The third kappa shape index (κ3) is 4.13. The van der Waals surface area contributed by atoms with Crippen molar-refractivity contribution < 1.29 is 4.74 Å². The smallest absolute Gasteiger partial charge is 0.137 e. The highest BCUT2D eigenvalue weighted by Gasteiger charge is 2.01. The largest absolute Gasteiger partial charge is 0.492 e. The number of pyridine rings is 1. The van der Waals surface area contributed by atoms with Crippen LogP contribution in [-0.4, -0.2) is 17.6 Å². The van der Waals surface area contributed by atoms with E-state index < -0.39 is 0 Å². The molecule has 0 saturated carbocycles.